The van der Waals surface area contributed by atoms with Crippen LogP contribution in [0.3, 0.4) is 0 Å². The van der Waals surface area contributed by atoms with Crippen LogP contribution >= 0.6 is 0 Å². The van der Waals surface area contributed by atoms with Crippen LogP contribution in [0.2, 0.25) is 0 Å². The zero-order chi connectivity index (χ0) is 22.2. The third-order valence-electron chi connectivity index (χ3n) is 5.49. The van der Waals surface area contributed by atoms with E-state index in [1.165, 1.54) is 0 Å². The summed E-state index contributed by atoms with van der Waals surface area (Å²) in [5.74, 6) is 1.61. The fourth-order valence-electron chi connectivity index (χ4n) is 3.90. The van der Waals surface area contributed by atoms with Crippen molar-refractivity contribution in [2.24, 2.45) is 0 Å². The van der Waals surface area contributed by atoms with Gasteiger partial charge in [-0.1, -0.05) is 84.9 Å². The van der Waals surface area contributed by atoms with Crippen molar-refractivity contribution < 1.29 is 9.47 Å². The van der Waals surface area contributed by atoms with Crippen LogP contribution < -0.4 is 20.1 Å². The molecule has 32 heavy (non-hydrogen) atoms. The summed E-state index contributed by atoms with van der Waals surface area (Å²) in [7, 11) is 3.39. The highest BCUT2D eigenvalue weighted by atomic mass is 16.5. The Morgan fingerprint density at radius 2 is 0.812 bits per heavy atom. The van der Waals surface area contributed by atoms with E-state index in [9.17, 15) is 0 Å². The lowest BCUT2D eigenvalue weighted by Crippen LogP contribution is -2.26. The Bertz CT molecular complexity index is 1030. The summed E-state index contributed by atoms with van der Waals surface area (Å²) in [6.45, 7) is 0. The molecule has 0 saturated heterocycles. The van der Waals surface area contributed by atoms with Crippen LogP contribution in [-0.4, -0.2) is 14.2 Å². The molecule has 162 valence electrons. The van der Waals surface area contributed by atoms with Gasteiger partial charge in [0, 0.05) is 0 Å². The highest BCUT2D eigenvalue weighted by Crippen LogP contribution is 2.39. The molecule has 0 aliphatic carbocycles. The molecular weight excluding hydrogens is 396 g/mol. The van der Waals surface area contributed by atoms with E-state index >= 15 is 0 Å². The summed E-state index contributed by atoms with van der Waals surface area (Å²) in [4.78, 5) is 0. The first kappa shape index (κ1) is 21.3. The molecule has 2 N–H and O–H groups in total. The number of hydrogen-bond donors (Lipinski definition) is 2. The van der Waals surface area contributed by atoms with Gasteiger partial charge in [-0.15, -0.1) is 0 Å². The second kappa shape index (κ2) is 10.4. The first-order valence-corrected chi connectivity index (χ1v) is 10.7. The van der Waals surface area contributed by atoms with Gasteiger partial charge in [0.2, 0.25) is 0 Å². The molecule has 0 unspecified atom stereocenters. The van der Waals surface area contributed by atoms with Gasteiger partial charge in [0.1, 0.15) is 11.5 Å². The minimum absolute atomic E-state index is 0.0835. The smallest absolute Gasteiger partial charge is 0.141 e. The molecule has 4 aromatic rings. The fourth-order valence-corrected chi connectivity index (χ4v) is 3.90. The van der Waals surface area contributed by atoms with Crippen LogP contribution in [0.1, 0.15) is 23.2 Å². The SMILES string of the molecule is COc1ccccc1N[C@H](c1ccccc1)[C@@H](Nc1ccccc1OC)c1ccccc1. The van der Waals surface area contributed by atoms with E-state index in [2.05, 4.69) is 59.2 Å². The quantitative estimate of drug-likeness (QED) is 0.313. The molecule has 4 aromatic carbocycles. The molecule has 0 amide bonds. The van der Waals surface area contributed by atoms with Crippen molar-refractivity contribution in [3.63, 3.8) is 0 Å². The molecule has 4 rings (SSSR count). The summed E-state index contributed by atoms with van der Waals surface area (Å²) < 4.78 is 11.2. The topological polar surface area (TPSA) is 42.5 Å². The zero-order valence-corrected chi connectivity index (χ0v) is 18.4. The molecule has 0 bridgehead atoms. The third-order valence-corrected chi connectivity index (χ3v) is 5.49. The lowest BCUT2D eigenvalue weighted by atomic mass is 9.92. The number of rotatable bonds is 9. The number of ether oxygens (including phenoxy) is 2. The number of benzene rings is 4. The van der Waals surface area contributed by atoms with Gasteiger partial charge >= 0.3 is 0 Å². The molecule has 0 fully saturated rings. The first-order valence-electron chi connectivity index (χ1n) is 10.7. The van der Waals surface area contributed by atoms with Gasteiger partial charge in [0.05, 0.1) is 37.7 Å². The Balaban J connectivity index is 1.81. The second-order valence-electron chi connectivity index (χ2n) is 7.47. The summed E-state index contributed by atoms with van der Waals surface area (Å²) in [5.41, 5.74) is 4.20. The van der Waals surface area contributed by atoms with Crippen LogP contribution in [0.4, 0.5) is 11.4 Å². The van der Waals surface area contributed by atoms with Gasteiger partial charge in [-0.05, 0) is 35.4 Å². The summed E-state index contributed by atoms with van der Waals surface area (Å²) >= 11 is 0. The standard InChI is InChI=1S/C28H28N2O2/c1-31-25-19-11-9-17-23(25)29-27(21-13-5-3-6-14-21)28(22-15-7-4-8-16-22)30-24-18-10-12-20-26(24)32-2/h3-20,27-30H,1-2H3/t27-,28+. The fraction of sp³-hybridized carbons (Fsp3) is 0.143. The van der Waals surface area contributed by atoms with E-state index in [1.54, 1.807) is 14.2 Å². The van der Waals surface area contributed by atoms with Crippen molar-refractivity contribution >= 4 is 11.4 Å². The van der Waals surface area contributed by atoms with Crippen LogP contribution in [0, 0.1) is 0 Å². The Kier molecular flexibility index (Phi) is 6.93. The predicted octanol–water partition coefficient (Wildman–Crippen LogP) is 6.71. The second-order valence-corrected chi connectivity index (χ2v) is 7.47. The molecule has 0 spiro atoms. The Labute approximate surface area is 189 Å². The van der Waals surface area contributed by atoms with E-state index < -0.39 is 0 Å². The van der Waals surface area contributed by atoms with Gasteiger partial charge in [-0.2, -0.15) is 0 Å². The number of methoxy groups -OCH3 is 2. The monoisotopic (exact) mass is 424 g/mol. The average molecular weight is 425 g/mol. The number of hydrogen-bond acceptors (Lipinski definition) is 4. The lowest BCUT2D eigenvalue weighted by molar-refractivity contribution is 0.414. The molecular formula is C28H28N2O2. The molecule has 0 radical (unpaired) electrons. The van der Waals surface area contributed by atoms with E-state index in [1.807, 2.05) is 60.7 Å². The maximum Gasteiger partial charge on any atom is 0.141 e. The molecule has 4 heteroatoms. The highest BCUT2D eigenvalue weighted by Gasteiger charge is 2.26. The first-order chi connectivity index (χ1) is 15.8. The van der Waals surface area contributed by atoms with E-state index in [0.29, 0.717) is 0 Å². The summed E-state index contributed by atoms with van der Waals surface area (Å²) in [5, 5.41) is 7.49. The minimum Gasteiger partial charge on any atom is -0.495 e. The van der Waals surface area contributed by atoms with Crippen molar-refractivity contribution in [3.05, 3.63) is 120 Å². The molecule has 2 atom stereocenters. The molecule has 0 aliphatic rings. The zero-order valence-electron chi connectivity index (χ0n) is 18.4. The maximum absolute atomic E-state index is 5.62. The normalized spacial score (nSPS) is 12.4. The van der Waals surface area contributed by atoms with Crippen molar-refractivity contribution in [3.8, 4) is 11.5 Å². The lowest BCUT2D eigenvalue weighted by Gasteiger charge is -2.32. The van der Waals surface area contributed by atoms with Crippen molar-refractivity contribution in [1.29, 1.82) is 0 Å². The van der Waals surface area contributed by atoms with Crippen molar-refractivity contribution in [2.75, 3.05) is 24.9 Å². The highest BCUT2D eigenvalue weighted by molar-refractivity contribution is 5.61. The van der Waals surface area contributed by atoms with Gasteiger partial charge in [0.25, 0.3) is 0 Å². The largest absolute Gasteiger partial charge is 0.495 e. The third kappa shape index (κ3) is 4.86. The Hall–Kier alpha value is -3.92. The van der Waals surface area contributed by atoms with Crippen molar-refractivity contribution in [2.45, 2.75) is 12.1 Å². The van der Waals surface area contributed by atoms with E-state index in [4.69, 9.17) is 9.47 Å². The van der Waals surface area contributed by atoms with E-state index in [-0.39, 0.29) is 12.1 Å². The minimum atomic E-state index is -0.0835. The molecule has 0 heterocycles. The molecule has 0 aliphatic heterocycles. The van der Waals surface area contributed by atoms with Gasteiger partial charge in [-0.3, -0.25) is 0 Å². The number of para-hydroxylation sites is 4. The van der Waals surface area contributed by atoms with Gasteiger partial charge in [0.15, 0.2) is 0 Å². The molecule has 4 nitrogen and oxygen atoms in total. The number of nitrogens with one attached hydrogen (secondary N) is 2. The molecule has 0 aromatic heterocycles. The van der Waals surface area contributed by atoms with Gasteiger partial charge < -0.3 is 20.1 Å². The van der Waals surface area contributed by atoms with Crippen molar-refractivity contribution in [1.82, 2.24) is 0 Å². The Morgan fingerprint density at radius 3 is 1.19 bits per heavy atom. The van der Waals surface area contributed by atoms with Gasteiger partial charge in [-0.25, -0.2) is 0 Å². The van der Waals surface area contributed by atoms with Crippen LogP contribution in [0.25, 0.3) is 0 Å². The number of anilines is 2. The maximum atomic E-state index is 5.62. The summed E-state index contributed by atoms with van der Waals surface area (Å²) in [6.07, 6.45) is 0. The van der Waals surface area contributed by atoms with E-state index in [0.717, 1.165) is 34.0 Å². The van der Waals surface area contributed by atoms with Crippen LogP contribution in [-0.2, 0) is 0 Å². The summed E-state index contributed by atoms with van der Waals surface area (Å²) in [6, 6.07) is 36.8. The predicted molar refractivity (Wildman–Crippen MR) is 132 cm³/mol. The van der Waals surface area contributed by atoms with Crippen LogP contribution in [0.15, 0.2) is 109 Å². The molecule has 0 saturated carbocycles. The Morgan fingerprint density at radius 1 is 0.469 bits per heavy atom. The van der Waals surface area contributed by atoms with Crippen LogP contribution in [0.5, 0.6) is 11.5 Å². The average Bonchev–Trinajstić information content (AvgIpc) is 2.87.